The van der Waals surface area contributed by atoms with Crippen molar-refractivity contribution in [3.05, 3.63) is 113 Å². The SMILES string of the molecule is CC(C)Cc1nnc(/C=C/c2ccc(C3(C)c4ccccc4CCN3c3ccc(F)cc3)cc2)o1. The third-order valence-electron chi connectivity index (χ3n) is 6.78. The van der Waals surface area contributed by atoms with Crippen LogP contribution in [0.2, 0.25) is 0 Å². The lowest BCUT2D eigenvalue weighted by molar-refractivity contribution is 0.452. The van der Waals surface area contributed by atoms with E-state index in [1.807, 2.05) is 24.3 Å². The molecule has 178 valence electrons. The van der Waals surface area contributed by atoms with Gasteiger partial charge in [-0.3, -0.25) is 0 Å². The van der Waals surface area contributed by atoms with Crippen LogP contribution in [0.1, 0.15) is 54.8 Å². The minimum atomic E-state index is -0.382. The molecule has 1 atom stereocenters. The highest BCUT2D eigenvalue weighted by atomic mass is 19.1. The minimum absolute atomic E-state index is 0.221. The number of benzene rings is 3. The van der Waals surface area contributed by atoms with E-state index in [1.54, 1.807) is 0 Å². The Morgan fingerprint density at radius 3 is 2.46 bits per heavy atom. The molecule has 3 aromatic carbocycles. The zero-order chi connectivity index (χ0) is 24.4. The fourth-order valence-corrected chi connectivity index (χ4v) is 4.99. The summed E-state index contributed by atoms with van der Waals surface area (Å²) in [4.78, 5) is 2.38. The van der Waals surface area contributed by atoms with E-state index < -0.39 is 0 Å². The quantitative estimate of drug-likeness (QED) is 0.309. The number of anilines is 1. The maximum absolute atomic E-state index is 13.7. The standard InChI is InChI=1S/C30H30FN3O/c1-21(2)20-29-33-32-28(35-29)17-10-22-8-11-24(12-9-22)30(3)27-7-5-4-6-23(27)18-19-34(30)26-15-13-25(31)14-16-26/h4-17,21H,18-20H2,1-3H3/b17-10+. The largest absolute Gasteiger partial charge is 0.421 e. The Morgan fingerprint density at radius 2 is 1.71 bits per heavy atom. The highest BCUT2D eigenvalue weighted by molar-refractivity contribution is 5.67. The first kappa shape index (κ1) is 23.0. The molecule has 0 saturated carbocycles. The molecule has 35 heavy (non-hydrogen) atoms. The van der Waals surface area contributed by atoms with Gasteiger partial charge < -0.3 is 9.32 Å². The minimum Gasteiger partial charge on any atom is -0.421 e. The van der Waals surface area contributed by atoms with Gasteiger partial charge in [0.05, 0.1) is 5.54 Å². The summed E-state index contributed by atoms with van der Waals surface area (Å²) in [6, 6.07) is 24.0. The van der Waals surface area contributed by atoms with E-state index in [9.17, 15) is 4.39 Å². The fourth-order valence-electron chi connectivity index (χ4n) is 4.99. The van der Waals surface area contributed by atoms with Gasteiger partial charge in [0, 0.05) is 24.7 Å². The zero-order valence-corrected chi connectivity index (χ0v) is 20.4. The van der Waals surface area contributed by atoms with Gasteiger partial charge in [-0.05, 0) is 71.9 Å². The number of hydrogen-bond acceptors (Lipinski definition) is 4. The molecular weight excluding hydrogens is 437 g/mol. The smallest absolute Gasteiger partial charge is 0.240 e. The molecule has 0 amide bonds. The van der Waals surface area contributed by atoms with Crippen LogP contribution in [0.25, 0.3) is 12.2 Å². The summed E-state index contributed by atoms with van der Waals surface area (Å²) >= 11 is 0. The maximum atomic E-state index is 13.7. The number of fused-ring (bicyclic) bond motifs is 1. The first-order valence-electron chi connectivity index (χ1n) is 12.2. The van der Waals surface area contributed by atoms with Crippen molar-refractivity contribution in [1.29, 1.82) is 0 Å². The highest BCUT2D eigenvalue weighted by Crippen LogP contribution is 2.43. The summed E-state index contributed by atoms with van der Waals surface area (Å²) in [5, 5.41) is 8.24. The van der Waals surface area contributed by atoms with Crippen molar-refractivity contribution in [2.45, 2.75) is 39.2 Å². The number of nitrogens with zero attached hydrogens (tertiary/aromatic N) is 3. The third kappa shape index (κ3) is 4.63. The summed E-state index contributed by atoms with van der Waals surface area (Å²) < 4.78 is 19.4. The molecule has 2 heterocycles. The molecule has 0 aliphatic carbocycles. The summed E-state index contributed by atoms with van der Waals surface area (Å²) in [6.07, 6.45) is 5.58. The number of halogens is 1. The van der Waals surface area contributed by atoms with Crippen molar-refractivity contribution in [1.82, 2.24) is 10.2 Å². The Bertz CT molecular complexity index is 1320. The predicted octanol–water partition coefficient (Wildman–Crippen LogP) is 6.90. The van der Waals surface area contributed by atoms with E-state index in [1.165, 1.54) is 28.8 Å². The molecule has 1 aliphatic heterocycles. The highest BCUT2D eigenvalue weighted by Gasteiger charge is 2.40. The Kier molecular flexibility index (Phi) is 6.25. The van der Waals surface area contributed by atoms with Gasteiger partial charge in [0.15, 0.2) is 0 Å². The molecular formula is C30H30FN3O. The van der Waals surface area contributed by atoms with Gasteiger partial charge in [-0.2, -0.15) is 0 Å². The zero-order valence-electron chi connectivity index (χ0n) is 20.4. The number of hydrogen-bond donors (Lipinski definition) is 0. The van der Waals surface area contributed by atoms with Crippen LogP contribution in [0.3, 0.4) is 0 Å². The first-order valence-corrected chi connectivity index (χ1v) is 12.2. The Labute approximate surface area is 206 Å². The molecule has 5 heteroatoms. The lowest BCUT2D eigenvalue weighted by Crippen LogP contribution is -2.49. The molecule has 1 unspecified atom stereocenters. The van der Waals surface area contributed by atoms with Gasteiger partial charge in [0.1, 0.15) is 5.82 Å². The van der Waals surface area contributed by atoms with Crippen molar-refractivity contribution in [3.8, 4) is 0 Å². The van der Waals surface area contributed by atoms with E-state index in [4.69, 9.17) is 4.42 Å². The number of aromatic nitrogens is 2. The van der Waals surface area contributed by atoms with Gasteiger partial charge in [0.25, 0.3) is 0 Å². The fraction of sp³-hybridized carbons (Fsp3) is 0.267. The normalized spacial score (nSPS) is 17.8. The molecule has 0 fully saturated rings. The summed E-state index contributed by atoms with van der Waals surface area (Å²) in [5.41, 5.74) is 5.50. The Balaban J connectivity index is 1.46. The Morgan fingerprint density at radius 1 is 0.971 bits per heavy atom. The first-order chi connectivity index (χ1) is 16.9. The van der Waals surface area contributed by atoms with Crippen molar-refractivity contribution < 1.29 is 8.81 Å². The van der Waals surface area contributed by atoms with Crippen molar-refractivity contribution in [2.75, 3.05) is 11.4 Å². The van der Waals surface area contributed by atoms with Crippen LogP contribution in [0.15, 0.2) is 77.2 Å². The monoisotopic (exact) mass is 467 g/mol. The Hall–Kier alpha value is -3.73. The van der Waals surface area contributed by atoms with Crippen LogP contribution in [0, 0.1) is 11.7 Å². The van der Waals surface area contributed by atoms with Crippen LogP contribution in [0.5, 0.6) is 0 Å². The maximum Gasteiger partial charge on any atom is 0.240 e. The van der Waals surface area contributed by atoms with E-state index in [0.29, 0.717) is 17.7 Å². The van der Waals surface area contributed by atoms with Crippen molar-refractivity contribution >= 4 is 17.8 Å². The molecule has 0 bridgehead atoms. The molecule has 4 nitrogen and oxygen atoms in total. The lowest BCUT2D eigenvalue weighted by Gasteiger charge is -2.48. The number of rotatable bonds is 6. The molecule has 0 N–H and O–H groups in total. The molecule has 5 rings (SSSR count). The molecule has 1 aliphatic rings. The summed E-state index contributed by atoms with van der Waals surface area (Å²) in [7, 11) is 0. The molecule has 0 radical (unpaired) electrons. The van der Waals surface area contributed by atoms with Gasteiger partial charge in [-0.1, -0.05) is 62.4 Å². The average molecular weight is 468 g/mol. The summed E-state index contributed by atoms with van der Waals surface area (Å²) in [5.74, 6) is 1.43. The summed E-state index contributed by atoms with van der Waals surface area (Å²) in [6.45, 7) is 7.37. The molecule has 0 spiro atoms. The van der Waals surface area contributed by atoms with Gasteiger partial charge in [0.2, 0.25) is 11.8 Å². The third-order valence-corrected chi connectivity index (χ3v) is 6.78. The van der Waals surface area contributed by atoms with Crippen LogP contribution in [-0.2, 0) is 18.4 Å². The van der Waals surface area contributed by atoms with E-state index in [0.717, 1.165) is 30.6 Å². The van der Waals surface area contributed by atoms with Crippen molar-refractivity contribution in [2.24, 2.45) is 5.92 Å². The van der Waals surface area contributed by atoms with Gasteiger partial charge >= 0.3 is 0 Å². The van der Waals surface area contributed by atoms with Gasteiger partial charge in [-0.15, -0.1) is 10.2 Å². The van der Waals surface area contributed by atoms with Gasteiger partial charge in [-0.25, -0.2) is 4.39 Å². The molecule has 4 aromatic rings. The van der Waals surface area contributed by atoms with E-state index in [-0.39, 0.29) is 11.4 Å². The average Bonchev–Trinajstić information content (AvgIpc) is 3.31. The van der Waals surface area contributed by atoms with E-state index >= 15 is 0 Å². The van der Waals surface area contributed by atoms with Crippen molar-refractivity contribution in [3.63, 3.8) is 0 Å². The molecule has 0 saturated heterocycles. The van der Waals surface area contributed by atoms with Crippen LogP contribution in [-0.4, -0.2) is 16.7 Å². The second-order valence-corrected chi connectivity index (χ2v) is 9.69. The van der Waals surface area contributed by atoms with Crippen LogP contribution >= 0.6 is 0 Å². The lowest BCUT2D eigenvalue weighted by atomic mass is 9.76. The topological polar surface area (TPSA) is 42.2 Å². The second-order valence-electron chi connectivity index (χ2n) is 9.69. The van der Waals surface area contributed by atoms with Crippen LogP contribution < -0.4 is 4.90 Å². The molecule has 1 aromatic heterocycles. The predicted molar refractivity (Wildman–Crippen MR) is 139 cm³/mol. The van der Waals surface area contributed by atoms with Crippen LogP contribution in [0.4, 0.5) is 10.1 Å². The van der Waals surface area contributed by atoms with E-state index in [2.05, 4.69) is 84.4 Å². The second kappa shape index (κ2) is 9.49.